The number of hydrogen-bond donors (Lipinski definition) is 1. The summed E-state index contributed by atoms with van der Waals surface area (Å²) in [7, 11) is -1.57. The van der Waals surface area contributed by atoms with Crippen LogP contribution in [-0.2, 0) is 15.6 Å². The first-order valence-corrected chi connectivity index (χ1v) is 9.29. The molecule has 1 saturated carbocycles. The molecule has 0 amide bonds. The average Bonchev–Trinajstić information content (AvgIpc) is 2.47. The number of methoxy groups -OCH3 is 1. The SMILES string of the molecule is COc1ccc(C(C)N)cc1CS(=O)(=O)C1CCCCC1. The number of nitrogens with two attached hydrogens (primary N) is 1. The molecule has 1 aromatic rings. The summed E-state index contributed by atoms with van der Waals surface area (Å²) in [5, 5.41) is -0.199. The molecule has 1 atom stereocenters. The first kappa shape index (κ1) is 16.3. The highest BCUT2D eigenvalue weighted by atomic mass is 32.2. The van der Waals surface area contributed by atoms with Crippen LogP contribution in [0.2, 0.25) is 0 Å². The van der Waals surface area contributed by atoms with Gasteiger partial charge in [-0.2, -0.15) is 0 Å². The fourth-order valence-corrected chi connectivity index (χ4v) is 4.90. The van der Waals surface area contributed by atoms with Crippen molar-refractivity contribution in [2.75, 3.05) is 7.11 Å². The summed E-state index contributed by atoms with van der Waals surface area (Å²) in [6.07, 6.45) is 4.76. The molecular formula is C16H25NO3S. The van der Waals surface area contributed by atoms with Crippen molar-refractivity contribution in [3.05, 3.63) is 29.3 Å². The summed E-state index contributed by atoms with van der Waals surface area (Å²) in [6, 6.07) is 5.45. The van der Waals surface area contributed by atoms with E-state index in [1.54, 1.807) is 7.11 Å². The first-order valence-electron chi connectivity index (χ1n) is 7.58. The van der Waals surface area contributed by atoms with Gasteiger partial charge in [0.15, 0.2) is 9.84 Å². The summed E-state index contributed by atoms with van der Waals surface area (Å²) in [4.78, 5) is 0. The molecule has 1 fully saturated rings. The van der Waals surface area contributed by atoms with Crippen molar-refractivity contribution in [3.63, 3.8) is 0 Å². The van der Waals surface area contributed by atoms with Gasteiger partial charge in [0.05, 0.1) is 18.1 Å². The van der Waals surface area contributed by atoms with Gasteiger partial charge in [-0.1, -0.05) is 25.3 Å². The van der Waals surface area contributed by atoms with E-state index in [-0.39, 0.29) is 17.0 Å². The Kier molecular flexibility index (Phi) is 5.27. The molecule has 1 aromatic carbocycles. The fraction of sp³-hybridized carbons (Fsp3) is 0.625. The predicted molar refractivity (Wildman–Crippen MR) is 85.1 cm³/mol. The largest absolute Gasteiger partial charge is 0.496 e. The molecule has 0 aliphatic heterocycles. The van der Waals surface area contributed by atoms with Crippen molar-refractivity contribution in [2.24, 2.45) is 5.73 Å². The van der Waals surface area contributed by atoms with Crippen LogP contribution in [0.25, 0.3) is 0 Å². The van der Waals surface area contributed by atoms with Crippen LogP contribution >= 0.6 is 0 Å². The summed E-state index contributed by atoms with van der Waals surface area (Å²) < 4.78 is 30.5. The first-order chi connectivity index (χ1) is 9.94. The topological polar surface area (TPSA) is 69.4 Å². The zero-order valence-electron chi connectivity index (χ0n) is 12.8. The molecule has 5 heteroatoms. The van der Waals surface area contributed by atoms with Crippen molar-refractivity contribution in [1.82, 2.24) is 0 Å². The van der Waals surface area contributed by atoms with Crippen LogP contribution < -0.4 is 10.5 Å². The third-order valence-corrected chi connectivity index (χ3v) is 6.45. The van der Waals surface area contributed by atoms with Gasteiger partial charge < -0.3 is 10.5 Å². The van der Waals surface area contributed by atoms with E-state index in [4.69, 9.17) is 10.5 Å². The van der Waals surface area contributed by atoms with E-state index in [0.717, 1.165) is 43.2 Å². The molecule has 4 nitrogen and oxygen atoms in total. The normalized spacial score (nSPS) is 18.4. The van der Waals surface area contributed by atoms with E-state index in [2.05, 4.69) is 0 Å². The highest BCUT2D eigenvalue weighted by Gasteiger charge is 2.28. The van der Waals surface area contributed by atoms with Gasteiger partial charge in [0.25, 0.3) is 0 Å². The Labute approximate surface area is 127 Å². The Bertz CT molecular complexity index is 575. The summed E-state index contributed by atoms with van der Waals surface area (Å²) >= 11 is 0. The summed E-state index contributed by atoms with van der Waals surface area (Å²) in [6.45, 7) is 1.89. The number of ether oxygens (including phenoxy) is 1. The third kappa shape index (κ3) is 3.98. The van der Waals surface area contributed by atoms with Crippen molar-refractivity contribution in [3.8, 4) is 5.75 Å². The van der Waals surface area contributed by atoms with E-state index in [9.17, 15) is 8.42 Å². The van der Waals surface area contributed by atoms with Gasteiger partial charge in [0, 0.05) is 11.6 Å². The zero-order chi connectivity index (χ0) is 15.5. The quantitative estimate of drug-likeness (QED) is 0.907. The Hall–Kier alpha value is -1.07. The summed E-state index contributed by atoms with van der Waals surface area (Å²) in [5.74, 6) is 0.667. The molecule has 1 aliphatic carbocycles. The van der Waals surface area contributed by atoms with Crippen LogP contribution in [0.3, 0.4) is 0 Å². The lowest BCUT2D eigenvalue weighted by molar-refractivity contribution is 0.410. The molecule has 1 aliphatic rings. The lowest BCUT2D eigenvalue weighted by Gasteiger charge is -2.22. The maximum atomic E-state index is 12.6. The fourth-order valence-electron chi connectivity index (χ4n) is 2.95. The van der Waals surface area contributed by atoms with Crippen molar-refractivity contribution in [1.29, 1.82) is 0 Å². The Morgan fingerprint density at radius 3 is 2.52 bits per heavy atom. The van der Waals surface area contributed by atoms with E-state index in [1.807, 2.05) is 25.1 Å². The maximum absolute atomic E-state index is 12.6. The number of benzene rings is 1. The standard InChI is InChI=1S/C16H25NO3S/c1-12(17)13-8-9-16(20-2)14(10-13)11-21(18,19)15-6-4-3-5-7-15/h8-10,12,15H,3-7,11,17H2,1-2H3. The molecule has 2 N–H and O–H groups in total. The minimum absolute atomic E-state index is 0.0431. The van der Waals surface area contributed by atoms with E-state index in [1.165, 1.54) is 0 Å². The van der Waals surface area contributed by atoms with Crippen molar-refractivity contribution < 1.29 is 13.2 Å². The van der Waals surface area contributed by atoms with Gasteiger partial charge >= 0.3 is 0 Å². The smallest absolute Gasteiger partial charge is 0.157 e. The van der Waals surface area contributed by atoms with Crippen LogP contribution in [-0.4, -0.2) is 20.8 Å². The highest BCUT2D eigenvalue weighted by Crippen LogP contribution is 2.30. The minimum atomic E-state index is -3.13. The van der Waals surface area contributed by atoms with Gasteiger partial charge in [-0.25, -0.2) is 8.42 Å². The molecule has 0 heterocycles. The Morgan fingerprint density at radius 2 is 1.95 bits per heavy atom. The second kappa shape index (κ2) is 6.79. The monoisotopic (exact) mass is 311 g/mol. The van der Waals surface area contributed by atoms with Gasteiger partial charge in [-0.3, -0.25) is 0 Å². The molecule has 21 heavy (non-hydrogen) atoms. The van der Waals surface area contributed by atoms with Crippen LogP contribution in [0.15, 0.2) is 18.2 Å². The second-order valence-electron chi connectivity index (χ2n) is 5.93. The minimum Gasteiger partial charge on any atom is -0.496 e. The molecule has 0 radical (unpaired) electrons. The number of rotatable bonds is 5. The molecule has 0 aromatic heterocycles. The van der Waals surface area contributed by atoms with Crippen molar-refractivity contribution in [2.45, 2.75) is 56.1 Å². The van der Waals surface area contributed by atoms with E-state index in [0.29, 0.717) is 5.75 Å². The van der Waals surface area contributed by atoms with Gasteiger partial charge in [-0.05, 0) is 37.5 Å². The maximum Gasteiger partial charge on any atom is 0.157 e. The Balaban J connectivity index is 2.26. The lowest BCUT2D eigenvalue weighted by atomic mass is 10.0. The molecule has 1 unspecified atom stereocenters. The van der Waals surface area contributed by atoms with Crippen LogP contribution in [0.1, 0.15) is 56.2 Å². The van der Waals surface area contributed by atoms with Gasteiger partial charge in [-0.15, -0.1) is 0 Å². The van der Waals surface area contributed by atoms with Crippen molar-refractivity contribution >= 4 is 9.84 Å². The van der Waals surface area contributed by atoms with Gasteiger partial charge in [0.2, 0.25) is 0 Å². The van der Waals surface area contributed by atoms with Gasteiger partial charge in [0.1, 0.15) is 5.75 Å². The average molecular weight is 311 g/mol. The third-order valence-electron chi connectivity index (χ3n) is 4.25. The lowest BCUT2D eigenvalue weighted by Crippen LogP contribution is -2.25. The zero-order valence-corrected chi connectivity index (χ0v) is 13.7. The highest BCUT2D eigenvalue weighted by molar-refractivity contribution is 7.91. The summed E-state index contributed by atoms with van der Waals surface area (Å²) in [5.41, 5.74) is 7.55. The molecule has 0 spiro atoms. The number of hydrogen-bond acceptors (Lipinski definition) is 4. The predicted octanol–water partition coefficient (Wildman–Crippen LogP) is 2.96. The molecule has 0 saturated heterocycles. The molecule has 2 rings (SSSR count). The Morgan fingerprint density at radius 1 is 1.29 bits per heavy atom. The van der Waals surface area contributed by atoms with Crippen LogP contribution in [0.4, 0.5) is 0 Å². The molecular weight excluding hydrogens is 286 g/mol. The molecule has 118 valence electrons. The van der Waals surface area contributed by atoms with Crippen LogP contribution in [0, 0.1) is 0 Å². The molecule has 0 bridgehead atoms. The van der Waals surface area contributed by atoms with E-state index < -0.39 is 9.84 Å². The number of sulfone groups is 1. The second-order valence-corrected chi connectivity index (χ2v) is 8.21. The van der Waals surface area contributed by atoms with E-state index >= 15 is 0 Å². The van der Waals surface area contributed by atoms with Crippen LogP contribution in [0.5, 0.6) is 5.75 Å².